The number of hydrogen-bond acceptors (Lipinski definition) is 3. The molecule has 1 amide bonds. The number of nitrogens with one attached hydrogen (secondary N) is 1. The molecule has 0 aromatic rings. The molecule has 0 spiro atoms. The largest absolute Gasteiger partial charge is 0.386 e. The zero-order chi connectivity index (χ0) is 9.14. The molecule has 0 radical (unpaired) electrons. The Hall–Kier alpha value is -1.06. The minimum Gasteiger partial charge on any atom is -0.386 e. The van der Waals surface area contributed by atoms with E-state index >= 15 is 0 Å². The molecular formula is C8H15N3O. The van der Waals surface area contributed by atoms with Gasteiger partial charge in [0.25, 0.3) is 0 Å². The fourth-order valence-electron chi connectivity index (χ4n) is 1.21. The van der Waals surface area contributed by atoms with E-state index in [1.165, 1.54) is 0 Å². The molecule has 1 aliphatic heterocycles. The van der Waals surface area contributed by atoms with E-state index in [1.54, 1.807) is 0 Å². The van der Waals surface area contributed by atoms with E-state index in [9.17, 15) is 4.79 Å². The van der Waals surface area contributed by atoms with E-state index in [0.29, 0.717) is 18.3 Å². The topological polar surface area (TPSA) is 67.5 Å². The van der Waals surface area contributed by atoms with Gasteiger partial charge in [0.1, 0.15) is 11.9 Å². The van der Waals surface area contributed by atoms with Crippen LogP contribution in [0.15, 0.2) is 4.99 Å². The second-order valence-electron chi connectivity index (χ2n) is 3.48. The van der Waals surface area contributed by atoms with Crippen molar-refractivity contribution in [1.82, 2.24) is 5.32 Å². The lowest BCUT2D eigenvalue weighted by atomic mass is 10.0. The van der Waals surface area contributed by atoms with Crippen molar-refractivity contribution in [2.75, 3.05) is 6.54 Å². The van der Waals surface area contributed by atoms with E-state index in [4.69, 9.17) is 5.73 Å². The molecule has 1 rings (SSSR count). The summed E-state index contributed by atoms with van der Waals surface area (Å²) in [5, 5.41) is 2.69. The first-order valence-electron chi connectivity index (χ1n) is 4.19. The highest BCUT2D eigenvalue weighted by molar-refractivity contribution is 5.94. The Morgan fingerprint density at radius 3 is 3.00 bits per heavy atom. The van der Waals surface area contributed by atoms with Gasteiger partial charge in [-0.1, -0.05) is 13.8 Å². The number of aliphatic imine (C=N–C) groups is 1. The summed E-state index contributed by atoms with van der Waals surface area (Å²) in [6.07, 6.45) is 0.770. The minimum absolute atomic E-state index is 0.00194. The van der Waals surface area contributed by atoms with Crippen LogP contribution in [0.4, 0.5) is 0 Å². The normalized spacial score (nSPS) is 23.8. The van der Waals surface area contributed by atoms with Crippen LogP contribution in [0.25, 0.3) is 0 Å². The molecule has 0 unspecified atom stereocenters. The van der Waals surface area contributed by atoms with Crippen LogP contribution in [0.2, 0.25) is 0 Å². The highest BCUT2D eigenvalue weighted by Crippen LogP contribution is 2.09. The highest BCUT2D eigenvalue weighted by Gasteiger charge is 2.22. The average molecular weight is 169 g/mol. The van der Waals surface area contributed by atoms with Crippen LogP contribution in [0.5, 0.6) is 0 Å². The smallest absolute Gasteiger partial charge is 0.245 e. The van der Waals surface area contributed by atoms with Gasteiger partial charge >= 0.3 is 0 Å². The van der Waals surface area contributed by atoms with Gasteiger partial charge in [0.15, 0.2) is 0 Å². The monoisotopic (exact) mass is 169 g/mol. The van der Waals surface area contributed by atoms with Crippen LogP contribution >= 0.6 is 0 Å². The van der Waals surface area contributed by atoms with Crippen molar-refractivity contribution >= 4 is 11.7 Å². The SMILES string of the molecule is CC(C)C[C@H]1N=C(N)CNC1=O. The van der Waals surface area contributed by atoms with E-state index < -0.39 is 0 Å². The zero-order valence-electron chi connectivity index (χ0n) is 7.50. The summed E-state index contributed by atoms with van der Waals surface area (Å²) < 4.78 is 0. The van der Waals surface area contributed by atoms with Crippen molar-refractivity contribution in [3.8, 4) is 0 Å². The second kappa shape index (κ2) is 3.56. The molecule has 4 heteroatoms. The summed E-state index contributed by atoms with van der Waals surface area (Å²) in [5.41, 5.74) is 5.50. The summed E-state index contributed by atoms with van der Waals surface area (Å²) in [6, 6.07) is -0.265. The van der Waals surface area contributed by atoms with Crippen LogP contribution in [0.1, 0.15) is 20.3 Å². The van der Waals surface area contributed by atoms with Crippen molar-refractivity contribution in [2.24, 2.45) is 16.6 Å². The molecular weight excluding hydrogens is 154 g/mol. The predicted molar refractivity (Wildman–Crippen MR) is 47.9 cm³/mol. The lowest BCUT2D eigenvalue weighted by Crippen LogP contribution is -2.45. The first-order chi connectivity index (χ1) is 5.59. The van der Waals surface area contributed by atoms with Gasteiger partial charge in [-0.15, -0.1) is 0 Å². The van der Waals surface area contributed by atoms with E-state index in [0.717, 1.165) is 6.42 Å². The Morgan fingerprint density at radius 2 is 2.42 bits per heavy atom. The number of amidine groups is 1. The summed E-state index contributed by atoms with van der Waals surface area (Å²) >= 11 is 0. The number of amides is 1. The van der Waals surface area contributed by atoms with Crippen molar-refractivity contribution in [3.05, 3.63) is 0 Å². The maximum absolute atomic E-state index is 11.2. The second-order valence-corrected chi connectivity index (χ2v) is 3.48. The van der Waals surface area contributed by atoms with Gasteiger partial charge in [0, 0.05) is 0 Å². The number of nitrogens with zero attached hydrogens (tertiary/aromatic N) is 1. The van der Waals surface area contributed by atoms with Gasteiger partial charge < -0.3 is 11.1 Å². The molecule has 0 saturated carbocycles. The van der Waals surface area contributed by atoms with Crippen molar-refractivity contribution in [1.29, 1.82) is 0 Å². The Balaban J connectivity index is 2.60. The van der Waals surface area contributed by atoms with E-state index in [-0.39, 0.29) is 11.9 Å². The molecule has 1 atom stereocenters. The van der Waals surface area contributed by atoms with Crippen LogP contribution in [0.3, 0.4) is 0 Å². The maximum Gasteiger partial charge on any atom is 0.245 e. The molecule has 68 valence electrons. The Bertz CT molecular complexity index is 210. The van der Waals surface area contributed by atoms with Gasteiger partial charge in [0.2, 0.25) is 5.91 Å². The number of nitrogens with two attached hydrogens (primary N) is 1. The van der Waals surface area contributed by atoms with Crippen LogP contribution in [0, 0.1) is 5.92 Å². The molecule has 1 aliphatic rings. The molecule has 0 aromatic heterocycles. The fraction of sp³-hybridized carbons (Fsp3) is 0.750. The third-order valence-corrected chi connectivity index (χ3v) is 1.76. The van der Waals surface area contributed by atoms with Gasteiger partial charge in [-0.2, -0.15) is 0 Å². The molecule has 0 aliphatic carbocycles. The number of hydrogen-bond donors (Lipinski definition) is 2. The molecule has 12 heavy (non-hydrogen) atoms. The lowest BCUT2D eigenvalue weighted by Gasteiger charge is -2.19. The number of rotatable bonds is 2. The first-order valence-corrected chi connectivity index (χ1v) is 4.19. The van der Waals surface area contributed by atoms with Crippen molar-refractivity contribution in [3.63, 3.8) is 0 Å². The minimum atomic E-state index is -0.265. The fourth-order valence-corrected chi connectivity index (χ4v) is 1.21. The Kier molecular flexibility index (Phi) is 2.68. The molecule has 0 aromatic carbocycles. The van der Waals surface area contributed by atoms with Crippen LogP contribution < -0.4 is 11.1 Å². The molecule has 0 fully saturated rings. The third kappa shape index (κ3) is 2.22. The maximum atomic E-state index is 11.2. The lowest BCUT2D eigenvalue weighted by molar-refractivity contribution is -0.122. The molecule has 0 saturated heterocycles. The van der Waals surface area contributed by atoms with Crippen molar-refractivity contribution in [2.45, 2.75) is 26.3 Å². The Labute approximate surface area is 72.2 Å². The summed E-state index contributed by atoms with van der Waals surface area (Å²) in [6.45, 7) is 4.52. The standard InChI is InChI=1S/C8H15N3O/c1-5(2)3-6-8(12)10-4-7(9)11-6/h5-6H,3-4H2,1-2H3,(H2,9,11)(H,10,12)/t6-/m1/s1. The third-order valence-electron chi connectivity index (χ3n) is 1.76. The highest BCUT2D eigenvalue weighted by atomic mass is 16.2. The van der Waals surface area contributed by atoms with E-state index in [2.05, 4.69) is 24.2 Å². The first kappa shape index (κ1) is 9.03. The molecule has 1 heterocycles. The Morgan fingerprint density at radius 1 is 1.75 bits per heavy atom. The quantitative estimate of drug-likeness (QED) is 0.605. The summed E-state index contributed by atoms with van der Waals surface area (Å²) in [5.74, 6) is 0.994. The zero-order valence-corrected chi connectivity index (χ0v) is 7.50. The van der Waals surface area contributed by atoms with Gasteiger partial charge in [-0.3, -0.25) is 9.79 Å². The van der Waals surface area contributed by atoms with Crippen LogP contribution in [-0.2, 0) is 4.79 Å². The molecule has 3 N–H and O–H groups in total. The summed E-state index contributed by atoms with van der Waals surface area (Å²) in [4.78, 5) is 15.3. The van der Waals surface area contributed by atoms with Gasteiger partial charge in [0.05, 0.1) is 6.54 Å². The van der Waals surface area contributed by atoms with Crippen LogP contribution in [-0.4, -0.2) is 24.3 Å². The van der Waals surface area contributed by atoms with Gasteiger partial charge in [-0.25, -0.2) is 0 Å². The molecule has 0 bridgehead atoms. The van der Waals surface area contributed by atoms with Crippen molar-refractivity contribution < 1.29 is 4.79 Å². The predicted octanol–water partition coefficient (Wildman–Crippen LogP) is -0.112. The van der Waals surface area contributed by atoms with E-state index in [1.807, 2.05) is 0 Å². The molecule has 4 nitrogen and oxygen atoms in total. The average Bonchev–Trinajstić information content (AvgIpc) is 1.96. The number of carbonyl (C=O) groups is 1. The number of carbonyl (C=O) groups excluding carboxylic acids is 1. The summed E-state index contributed by atoms with van der Waals surface area (Å²) in [7, 11) is 0. The van der Waals surface area contributed by atoms with Gasteiger partial charge in [-0.05, 0) is 12.3 Å².